The highest BCUT2D eigenvalue weighted by Gasteiger charge is 2.05. The first-order valence-electron chi connectivity index (χ1n) is 4.63. The summed E-state index contributed by atoms with van der Waals surface area (Å²) in [5.41, 5.74) is 1.39. The fourth-order valence-corrected chi connectivity index (χ4v) is 1.40. The molecule has 82 valence electrons. The predicted molar refractivity (Wildman–Crippen MR) is 61.7 cm³/mol. The van der Waals surface area contributed by atoms with Crippen LogP contribution in [0.1, 0.15) is 16.1 Å². The van der Waals surface area contributed by atoms with Gasteiger partial charge in [0.05, 0.1) is 24.1 Å². The lowest BCUT2D eigenvalue weighted by molar-refractivity contribution is 0.0950. The van der Waals surface area contributed by atoms with Gasteiger partial charge in [0.2, 0.25) is 0 Å². The minimum absolute atomic E-state index is 0.158. The summed E-state index contributed by atoms with van der Waals surface area (Å²) >= 11 is 3.21. The molecule has 0 saturated carbocycles. The summed E-state index contributed by atoms with van der Waals surface area (Å²) in [7, 11) is 0. The van der Waals surface area contributed by atoms with E-state index in [1.807, 2.05) is 0 Å². The molecule has 5 nitrogen and oxygen atoms in total. The van der Waals surface area contributed by atoms with Crippen molar-refractivity contribution in [1.29, 1.82) is 0 Å². The number of carbonyl (C=O) groups excluding carboxylic acids is 1. The third kappa shape index (κ3) is 2.66. The maximum atomic E-state index is 11.7. The first-order chi connectivity index (χ1) is 7.75. The molecule has 0 bridgehead atoms. The zero-order valence-electron chi connectivity index (χ0n) is 8.27. The predicted octanol–water partition coefficient (Wildman–Crippen LogP) is 1.50. The number of nitrogens with zero attached hydrogens (tertiary/aromatic N) is 2. The van der Waals surface area contributed by atoms with Crippen LogP contribution in [0, 0.1) is 0 Å². The number of aromatic nitrogens is 3. The minimum atomic E-state index is -0.158. The molecule has 2 N–H and O–H groups in total. The van der Waals surface area contributed by atoms with Crippen molar-refractivity contribution in [3.8, 4) is 0 Å². The molecule has 6 heteroatoms. The number of nitrogens with one attached hydrogen (secondary N) is 2. The van der Waals surface area contributed by atoms with Gasteiger partial charge in [0, 0.05) is 12.4 Å². The van der Waals surface area contributed by atoms with E-state index in [4.69, 9.17) is 0 Å². The number of pyridine rings is 1. The van der Waals surface area contributed by atoms with E-state index in [9.17, 15) is 4.79 Å². The Morgan fingerprint density at radius 3 is 2.94 bits per heavy atom. The highest BCUT2D eigenvalue weighted by Crippen LogP contribution is 2.06. The van der Waals surface area contributed by atoms with E-state index < -0.39 is 0 Å². The van der Waals surface area contributed by atoms with Gasteiger partial charge in [-0.1, -0.05) is 0 Å². The first kappa shape index (κ1) is 10.8. The summed E-state index contributed by atoms with van der Waals surface area (Å²) in [4.78, 5) is 22.4. The van der Waals surface area contributed by atoms with Gasteiger partial charge in [0.1, 0.15) is 4.60 Å². The molecule has 0 aliphatic rings. The van der Waals surface area contributed by atoms with Gasteiger partial charge in [0.25, 0.3) is 5.91 Å². The highest BCUT2D eigenvalue weighted by molar-refractivity contribution is 9.10. The average molecular weight is 281 g/mol. The molecule has 16 heavy (non-hydrogen) atoms. The largest absolute Gasteiger partial charge is 0.347 e. The highest BCUT2D eigenvalue weighted by atomic mass is 79.9. The number of carbonyl (C=O) groups is 1. The standard InChI is InChI=1S/C10H9BrN4O/c11-9-2-1-7(3-13-9)10(16)14-5-8-4-12-6-15-8/h1-4,6H,5H2,(H,12,15)(H,14,16). The van der Waals surface area contributed by atoms with Crippen LogP contribution in [0.5, 0.6) is 0 Å². The van der Waals surface area contributed by atoms with Crippen LogP contribution in [-0.2, 0) is 6.54 Å². The monoisotopic (exact) mass is 280 g/mol. The van der Waals surface area contributed by atoms with Gasteiger partial charge in [0.15, 0.2) is 0 Å². The Bertz CT molecular complexity index is 466. The van der Waals surface area contributed by atoms with Gasteiger partial charge < -0.3 is 10.3 Å². The van der Waals surface area contributed by atoms with Crippen molar-refractivity contribution in [3.63, 3.8) is 0 Å². The summed E-state index contributed by atoms with van der Waals surface area (Å²) in [6, 6.07) is 3.44. The van der Waals surface area contributed by atoms with E-state index in [0.717, 1.165) is 5.69 Å². The molecule has 0 radical (unpaired) electrons. The second kappa shape index (κ2) is 4.89. The fraction of sp³-hybridized carbons (Fsp3) is 0.100. The number of imidazole rings is 1. The topological polar surface area (TPSA) is 70.7 Å². The summed E-state index contributed by atoms with van der Waals surface area (Å²) in [6.07, 6.45) is 4.76. The minimum Gasteiger partial charge on any atom is -0.347 e. The molecular formula is C10H9BrN4O. The maximum absolute atomic E-state index is 11.7. The smallest absolute Gasteiger partial charge is 0.253 e. The summed E-state index contributed by atoms with van der Waals surface area (Å²) in [5.74, 6) is -0.158. The van der Waals surface area contributed by atoms with Gasteiger partial charge in [-0.25, -0.2) is 9.97 Å². The Morgan fingerprint density at radius 1 is 1.44 bits per heavy atom. The molecule has 1 amide bonds. The summed E-state index contributed by atoms with van der Waals surface area (Å²) in [5, 5.41) is 2.76. The van der Waals surface area contributed by atoms with Crippen LogP contribution < -0.4 is 5.32 Å². The van der Waals surface area contributed by atoms with E-state index in [1.54, 1.807) is 24.7 Å². The molecule has 0 fully saturated rings. The molecular weight excluding hydrogens is 272 g/mol. The molecule has 2 rings (SSSR count). The quantitative estimate of drug-likeness (QED) is 0.837. The van der Waals surface area contributed by atoms with Crippen molar-refractivity contribution in [2.75, 3.05) is 0 Å². The van der Waals surface area contributed by atoms with Crippen LogP contribution >= 0.6 is 15.9 Å². The van der Waals surface area contributed by atoms with E-state index in [0.29, 0.717) is 16.7 Å². The number of aromatic amines is 1. The second-order valence-electron chi connectivity index (χ2n) is 3.13. The van der Waals surface area contributed by atoms with Crippen molar-refractivity contribution in [3.05, 3.63) is 46.7 Å². The summed E-state index contributed by atoms with van der Waals surface area (Å²) in [6.45, 7) is 0.425. The SMILES string of the molecule is O=C(NCc1cnc[nH]1)c1ccc(Br)nc1. The molecule has 0 atom stereocenters. The third-order valence-corrected chi connectivity index (χ3v) is 2.45. The van der Waals surface area contributed by atoms with Crippen molar-refractivity contribution in [1.82, 2.24) is 20.3 Å². The lowest BCUT2D eigenvalue weighted by Gasteiger charge is -2.02. The van der Waals surface area contributed by atoms with Gasteiger partial charge in [-0.2, -0.15) is 0 Å². The Balaban J connectivity index is 1.95. The molecule has 0 spiro atoms. The number of amides is 1. The van der Waals surface area contributed by atoms with E-state index >= 15 is 0 Å². The van der Waals surface area contributed by atoms with E-state index in [-0.39, 0.29) is 5.91 Å². The number of hydrogen-bond acceptors (Lipinski definition) is 3. The van der Waals surface area contributed by atoms with Crippen molar-refractivity contribution < 1.29 is 4.79 Å². The Hall–Kier alpha value is -1.69. The van der Waals surface area contributed by atoms with Crippen molar-refractivity contribution in [2.45, 2.75) is 6.54 Å². The van der Waals surface area contributed by atoms with Gasteiger partial charge >= 0.3 is 0 Å². The van der Waals surface area contributed by atoms with E-state index in [2.05, 4.69) is 36.2 Å². The van der Waals surface area contributed by atoms with Crippen LogP contribution in [0.15, 0.2) is 35.5 Å². The van der Waals surface area contributed by atoms with Gasteiger partial charge in [-0.3, -0.25) is 4.79 Å². The van der Waals surface area contributed by atoms with Crippen LogP contribution in [0.3, 0.4) is 0 Å². The van der Waals surface area contributed by atoms with Gasteiger partial charge in [-0.15, -0.1) is 0 Å². The molecule has 0 unspecified atom stereocenters. The molecule has 0 aromatic carbocycles. The van der Waals surface area contributed by atoms with Crippen LogP contribution in [-0.4, -0.2) is 20.9 Å². The zero-order chi connectivity index (χ0) is 11.4. The average Bonchev–Trinajstić information content (AvgIpc) is 2.80. The van der Waals surface area contributed by atoms with Crippen LogP contribution in [0.2, 0.25) is 0 Å². The van der Waals surface area contributed by atoms with Gasteiger partial charge in [-0.05, 0) is 28.1 Å². The molecule has 0 aliphatic carbocycles. The Labute approximate surface area is 100 Å². The maximum Gasteiger partial charge on any atom is 0.253 e. The lowest BCUT2D eigenvalue weighted by atomic mass is 10.2. The molecule has 2 aromatic heterocycles. The normalized spacial score (nSPS) is 10.1. The summed E-state index contributed by atoms with van der Waals surface area (Å²) < 4.78 is 0.706. The number of rotatable bonds is 3. The third-order valence-electron chi connectivity index (χ3n) is 1.98. The number of H-pyrrole nitrogens is 1. The second-order valence-corrected chi connectivity index (χ2v) is 3.94. The van der Waals surface area contributed by atoms with Crippen molar-refractivity contribution in [2.24, 2.45) is 0 Å². The Kier molecular flexibility index (Phi) is 3.31. The molecule has 2 aromatic rings. The lowest BCUT2D eigenvalue weighted by Crippen LogP contribution is -2.23. The number of hydrogen-bond donors (Lipinski definition) is 2. The number of halogens is 1. The van der Waals surface area contributed by atoms with Crippen LogP contribution in [0.4, 0.5) is 0 Å². The Morgan fingerprint density at radius 2 is 2.31 bits per heavy atom. The zero-order valence-corrected chi connectivity index (χ0v) is 9.86. The molecule has 0 saturated heterocycles. The first-order valence-corrected chi connectivity index (χ1v) is 5.42. The van der Waals surface area contributed by atoms with Crippen molar-refractivity contribution >= 4 is 21.8 Å². The molecule has 2 heterocycles. The molecule has 0 aliphatic heterocycles. The van der Waals surface area contributed by atoms with Crippen LogP contribution in [0.25, 0.3) is 0 Å². The fourth-order valence-electron chi connectivity index (χ4n) is 1.17. The van der Waals surface area contributed by atoms with E-state index in [1.165, 1.54) is 6.20 Å².